The van der Waals surface area contributed by atoms with E-state index in [4.69, 9.17) is 22.1 Å². The highest BCUT2D eigenvalue weighted by Gasteiger charge is 2.34. The van der Waals surface area contributed by atoms with Crippen molar-refractivity contribution in [3.05, 3.63) is 64.1 Å². The molecule has 2 aromatic carbocycles. The van der Waals surface area contributed by atoms with Crippen molar-refractivity contribution in [1.82, 2.24) is 5.32 Å². The fourth-order valence-corrected chi connectivity index (χ4v) is 3.24. The highest BCUT2D eigenvalue weighted by atomic mass is 79.9. The van der Waals surface area contributed by atoms with E-state index < -0.39 is 23.9 Å². The first-order chi connectivity index (χ1) is 13.8. The molecule has 0 radical (unpaired) electrons. The van der Waals surface area contributed by atoms with E-state index in [9.17, 15) is 14.4 Å². The molecule has 7 nitrogen and oxygen atoms in total. The first kappa shape index (κ1) is 20.7. The van der Waals surface area contributed by atoms with Crippen molar-refractivity contribution in [3.63, 3.8) is 0 Å². The van der Waals surface area contributed by atoms with E-state index in [-0.39, 0.29) is 10.7 Å². The number of amides is 2. The normalized spacial score (nSPS) is 16.6. The lowest BCUT2D eigenvalue weighted by molar-refractivity contribution is -0.144. The van der Waals surface area contributed by atoms with Gasteiger partial charge in [-0.05, 0) is 61.1 Å². The molecule has 9 heteroatoms. The number of anilines is 1. The van der Waals surface area contributed by atoms with Crippen molar-refractivity contribution in [3.8, 4) is 5.75 Å². The van der Waals surface area contributed by atoms with Crippen LogP contribution < -0.4 is 15.0 Å². The van der Waals surface area contributed by atoms with Crippen molar-refractivity contribution in [2.75, 3.05) is 4.90 Å². The van der Waals surface area contributed by atoms with Crippen LogP contribution in [-0.2, 0) is 14.4 Å². The minimum Gasteiger partial charge on any atom is -0.479 e. The lowest BCUT2D eigenvalue weighted by Crippen LogP contribution is -2.54. The molecule has 3 rings (SSSR count). The summed E-state index contributed by atoms with van der Waals surface area (Å²) in [5.41, 5.74) is 1.01. The summed E-state index contributed by atoms with van der Waals surface area (Å²) in [6.07, 6.45) is 0.444. The number of ether oxygens (including phenoxy) is 1. The molecule has 0 unspecified atom stereocenters. The number of carbonyl (C=O) groups is 3. The molecular formula is C20H15BrN2O5S. The Morgan fingerprint density at radius 1 is 1.24 bits per heavy atom. The number of benzene rings is 2. The fourth-order valence-electron chi connectivity index (χ4n) is 2.57. The van der Waals surface area contributed by atoms with Gasteiger partial charge in [-0.1, -0.05) is 34.1 Å². The van der Waals surface area contributed by atoms with Gasteiger partial charge in [-0.25, -0.2) is 4.79 Å². The number of rotatable bonds is 5. The van der Waals surface area contributed by atoms with Crippen molar-refractivity contribution in [2.45, 2.75) is 13.0 Å². The van der Waals surface area contributed by atoms with Gasteiger partial charge in [0.1, 0.15) is 11.3 Å². The van der Waals surface area contributed by atoms with Crippen LogP contribution in [0.25, 0.3) is 6.08 Å². The van der Waals surface area contributed by atoms with E-state index >= 15 is 0 Å². The molecule has 1 saturated heterocycles. The van der Waals surface area contributed by atoms with Crippen LogP contribution in [0.3, 0.4) is 0 Å². The fraction of sp³-hybridized carbons (Fsp3) is 0.100. The second-order valence-corrected chi connectivity index (χ2v) is 7.41. The summed E-state index contributed by atoms with van der Waals surface area (Å²) >= 11 is 8.52. The Labute approximate surface area is 180 Å². The summed E-state index contributed by atoms with van der Waals surface area (Å²) in [5.74, 6) is -1.86. The lowest BCUT2D eigenvalue weighted by atomic mass is 10.1. The van der Waals surface area contributed by atoms with Gasteiger partial charge in [0, 0.05) is 4.47 Å². The molecule has 2 aromatic rings. The van der Waals surface area contributed by atoms with Crippen molar-refractivity contribution < 1.29 is 24.2 Å². The molecule has 1 heterocycles. The molecule has 0 spiro atoms. The summed E-state index contributed by atoms with van der Waals surface area (Å²) in [6.45, 7) is 1.42. The Morgan fingerprint density at radius 3 is 2.55 bits per heavy atom. The third-order valence-corrected chi connectivity index (χ3v) is 4.80. The van der Waals surface area contributed by atoms with Crippen LogP contribution in [0.4, 0.5) is 5.69 Å². The van der Waals surface area contributed by atoms with Gasteiger partial charge in [0.15, 0.2) is 11.2 Å². The molecule has 0 aliphatic carbocycles. The third-order valence-electron chi connectivity index (χ3n) is 4.02. The largest absolute Gasteiger partial charge is 0.479 e. The summed E-state index contributed by atoms with van der Waals surface area (Å²) in [4.78, 5) is 37.4. The molecule has 0 bridgehead atoms. The molecule has 1 fully saturated rings. The predicted molar refractivity (Wildman–Crippen MR) is 115 cm³/mol. The number of carbonyl (C=O) groups excluding carboxylic acids is 2. The zero-order chi connectivity index (χ0) is 21.1. The standard InChI is InChI=1S/C20H15BrN2O5S/c1-11(19(26)27)28-15-7-5-12(6-8-15)9-16-17(24)22-20(29)23(18(16)25)14-4-2-3-13(21)10-14/h2-11H,1H3,(H,26,27)(H,22,24,29)/b16-9+/t11-/m0/s1. The molecule has 1 atom stereocenters. The van der Waals surface area contributed by atoms with E-state index in [0.29, 0.717) is 17.0 Å². The summed E-state index contributed by atoms with van der Waals surface area (Å²) in [6, 6.07) is 13.4. The number of aliphatic carboxylic acids is 1. The van der Waals surface area contributed by atoms with E-state index in [0.717, 1.165) is 4.47 Å². The number of halogens is 1. The zero-order valence-electron chi connectivity index (χ0n) is 15.1. The molecule has 148 valence electrons. The van der Waals surface area contributed by atoms with Crippen molar-refractivity contribution >= 4 is 62.8 Å². The number of nitrogens with zero attached hydrogens (tertiary/aromatic N) is 1. The van der Waals surface area contributed by atoms with Crippen LogP contribution in [0.2, 0.25) is 0 Å². The van der Waals surface area contributed by atoms with E-state index in [1.54, 1.807) is 42.5 Å². The summed E-state index contributed by atoms with van der Waals surface area (Å²) < 4.78 is 6.03. The second kappa shape index (κ2) is 8.54. The van der Waals surface area contributed by atoms with Gasteiger partial charge in [0.05, 0.1) is 5.69 Å². The number of carboxylic acid groups (broad SMARTS) is 1. The van der Waals surface area contributed by atoms with Gasteiger partial charge in [-0.15, -0.1) is 0 Å². The SMILES string of the molecule is C[C@H](Oc1ccc(/C=C2\C(=O)NC(=S)N(c3cccc(Br)c3)C2=O)cc1)C(=O)O. The van der Waals surface area contributed by atoms with E-state index in [2.05, 4.69) is 21.2 Å². The molecular weight excluding hydrogens is 460 g/mol. The highest BCUT2D eigenvalue weighted by Crippen LogP contribution is 2.25. The number of nitrogens with one attached hydrogen (secondary N) is 1. The maximum absolute atomic E-state index is 13.0. The maximum atomic E-state index is 13.0. The zero-order valence-corrected chi connectivity index (χ0v) is 17.5. The predicted octanol–water partition coefficient (Wildman–Crippen LogP) is 3.13. The molecule has 0 saturated carbocycles. The minimum absolute atomic E-state index is 0.00153. The van der Waals surface area contributed by atoms with Crippen LogP contribution in [0, 0.1) is 0 Å². The van der Waals surface area contributed by atoms with Crippen LogP contribution in [0.15, 0.2) is 58.6 Å². The molecule has 2 N–H and O–H groups in total. The maximum Gasteiger partial charge on any atom is 0.344 e. The molecule has 1 aliphatic heterocycles. The van der Waals surface area contributed by atoms with Gasteiger partial charge < -0.3 is 9.84 Å². The first-order valence-electron chi connectivity index (χ1n) is 8.43. The number of hydrogen-bond acceptors (Lipinski definition) is 5. The number of thiocarbonyl (C=S) groups is 1. The summed E-state index contributed by atoms with van der Waals surface area (Å²) in [7, 11) is 0. The Morgan fingerprint density at radius 2 is 1.93 bits per heavy atom. The van der Waals surface area contributed by atoms with Crippen LogP contribution in [0.5, 0.6) is 5.75 Å². The Hall–Kier alpha value is -3.04. The molecule has 0 aromatic heterocycles. The first-order valence-corrected chi connectivity index (χ1v) is 9.63. The highest BCUT2D eigenvalue weighted by molar-refractivity contribution is 9.10. The van der Waals surface area contributed by atoms with Crippen LogP contribution >= 0.6 is 28.1 Å². The van der Waals surface area contributed by atoms with Gasteiger partial charge in [-0.2, -0.15) is 0 Å². The average molecular weight is 475 g/mol. The topological polar surface area (TPSA) is 95.9 Å². The molecule has 1 aliphatic rings. The minimum atomic E-state index is -1.08. The van der Waals surface area contributed by atoms with Crippen LogP contribution in [-0.4, -0.2) is 34.1 Å². The Bertz CT molecular complexity index is 1040. The molecule has 29 heavy (non-hydrogen) atoms. The average Bonchev–Trinajstić information content (AvgIpc) is 2.66. The van der Waals surface area contributed by atoms with Crippen molar-refractivity contribution in [1.29, 1.82) is 0 Å². The van der Waals surface area contributed by atoms with Gasteiger partial charge >= 0.3 is 5.97 Å². The smallest absolute Gasteiger partial charge is 0.344 e. The third kappa shape index (κ3) is 4.69. The van der Waals surface area contributed by atoms with E-state index in [1.807, 2.05) is 6.07 Å². The number of hydrogen-bond donors (Lipinski definition) is 2. The Balaban J connectivity index is 1.87. The number of carboxylic acids is 1. The molecule has 2 amide bonds. The summed E-state index contributed by atoms with van der Waals surface area (Å²) in [5, 5.41) is 11.4. The monoisotopic (exact) mass is 474 g/mol. The lowest BCUT2D eigenvalue weighted by Gasteiger charge is -2.29. The Kier molecular flexibility index (Phi) is 6.09. The van der Waals surface area contributed by atoms with Gasteiger partial charge in [-0.3, -0.25) is 19.8 Å². The van der Waals surface area contributed by atoms with Gasteiger partial charge in [0.25, 0.3) is 11.8 Å². The van der Waals surface area contributed by atoms with Crippen molar-refractivity contribution in [2.24, 2.45) is 0 Å². The quantitative estimate of drug-likeness (QED) is 0.392. The van der Waals surface area contributed by atoms with E-state index in [1.165, 1.54) is 17.9 Å². The van der Waals surface area contributed by atoms with Crippen LogP contribution in [0.1, 0.15) is 12.5 Å². The van der Waals surface area contributed by atoms with Gasteiger partial charge in [0.2, 0.25) is 0 Å². The second-order valence-electron chi connectivity index (χ2n) is 6.11.